The molecule has 24 heavy (non-hydrogen) atoms. The van der Waals surface area contributed by atoms with Crippen molar-refractivity contribution in [2.75, 3.05) is 0 Å². The average molecular weight is 524 g/mol. The number of rotatable bonds is 3. The lowest BCUT2D eigenvalue weighted by Gasteiger charge is -2.02. The number of carboxylic acids is 1. The standard InChI is InChI=1S/C8H7IO2.C6H3Cl3O3S/c9-7-3-1-2-6(4-7)5-8(10)11;7-3-1-5(9)6(2-4(3)8)13(10,11)12/h1-4H,5H2,(H,10,11);1-2H,(H,10,11,12). The zero-order chi connectivity index (χ0) is 18.5. The van der Waals surface area contributed by atoms with Gasteiger partial charge in [-0.3, -0.25) is 9.35 Å². The second kappa shape index (κ2) is 9.21. The van der Waals surface area contributed by atoms with Crippen LogP contribution in [0.25, 0.3) is 0 Å². The average Bonchev–Trinajstić information content (AvgIpc) is 2.41. The largest absolute Gasteiger partial charge is 0.481 e. The molecule has 0 atom stereocenters. The van der Waals surface area contributed by atoms with Crippen LogP contribution in [0.3, 0.4) is 0 Å². The first-order valence-corrected chi connectivity index (χ1v) is 9.74. The number of benzene rings is 2. The van der Waals surface area contributed by atoms with E-state index in [1.165, 1.54) is 0 Å². The minimum absolute atomic E-state index is 0.0127. The number of aliphatic carboxylic acids is 1. The molecule has 0 amide bonds. The molecular formula is C14H10Cl3IO5S. The van der Waals surface area contributed by atoms with Crippen LogP contribution < -0.4 is 0 Å². The van der Waals surface area contributed by atoms with Crippen molar-refractivity contribution < 1.29 is 22.9 Å². The molecule has 0 aromatic heterocycles. The zero-order valence-electron chi connectivity index (χ0n) is 11.7. The Morgan fingerprint density at radius 3 is 2.12 bits per heavy atom. The Kier molecular flexibility index (Phi) is 8.24. The van der Waals surface area contributed by atoms with Crippen LogP contribution in [0.1, 0.15) is 5.56 Å². The van der Waals surface area contributed by atoms with Gasteiger partial charge in [0.2, 0.25) is 0 Å². The van der Waals surface area contributed by atoms with Gasteiger partial charge in [0.1, 0.15) is 4.90 Å². The maximum absolute atomic E-state index is 10.7. The summed E-state index contributed by atoms with van der Waals surface area (Å²) >= 11 is 18.7. The highest BCUT2D eigenvalue weighted by atomic mass is 127. The van der Waals surface area contributed by atoms with Crippen molar-refractivity contribution in [3.05, 3.63) is 60.6 Å². The number of carbonyl (C=O) groups is 1. The van der Waals surface area contributed by atoms with Gasteiger partial charge >= 0.3 is 5.97 Å². The van der Waals surface area contributed by atoms with Crippen molar-refractivity contribution >= 4 is 73.5 Å². The van der Waals surface area contributed by atoms with Gasteiger partial charge in [0.05, 0.1) is 21.5 Å². The summed E-state index contributed by atoms with van der Waals surface area (Å²) in [4.78, 5) is 9.82. The summed E-state index contributed by atoms with van der Waals surface area (Å²) in [5.74, 6) is -0.785. The van der Waals surface area contributed by atoms with Crippen molar-refractivity contribution in [3.63, 3.8) is 0 Å². The monoisotopic (exact) mass is 522 g/mol. The molecule has 0 spiro atoms. The summed E-state index contributed by atoms with van der Waals surface area (Å²) < 4.78 is 31.1. The molecule has 2 rings (SSSR count). The molecule has 0 saturated carbocycles. The Hall–Kier alpha value is -0.580. The van der Waals surface area contributed by atoms with Gasteiger partial charge in [0, 0.05) is 3.57 Å². The highest BCUT2D eigenvalue weighted by molar-refractivity contribution is 14.1. The van der Waals surface area contributed by atoms with Gasteiger partial charge in [-0.15, -0.1) is 0 Å². The molecular weight excluding hydrogens is 513 g/mol. The van der Waals surface area contributed by atoms with Crippen molar-refractivity contribution in [3.8, 4) is 0 Å². The van der Waals surface area contributed by atoms with E-state index in [0.29, 0.717) is 0 Å². The predicted molar refractivity (Wildman–Crippen MR) is 102 cm³/mol. The quantitative estimate of drug-likeness (QED) is 0.342. The molecule has 2 aromatic carbocycles. The van der Waals surface area contributed by atoms with Crippen molar-refractivity contribution in [2.45, 2.75) is 11.3 Å². The molecule has 0 fully saturated rings. The maximum atomic E-state index is 10.7. The Morgan fingerprint density at radius 1 is 1.04 bits per heavy atom. The van der Waals surface area contributed by atoms with E-state index in [1.54, 1.807) is 0 Å². The highest BCUT2D eigenvalue weighted by Crippen LogP contribution is 2.31. The molecule has 0 aliphatic rings. The third kappa shape index (κ3) is 7.12. The van der Waals surface area contributed by atoms with Gasteiger partial charge in [-0.25, -0.2) is 0 Å². The molecule has 10 heteroatoms. The second-order valence-electron chi connectivity index (χ2n) is 4.37. The first-order chi connectivity index (χ1) is 11.0. The fraction of sp³-hybridized carbons (Fsp3) is 0.0714. The Bertz CT molecular complexity index is 855. The van der Waals surface area contributed by atoms with Gasteiger partial charge < -0.3 is 5.11 Å². The summed E-state index contributed by atoms with van der Waals surface area (Å²) in [7, 11) is -4.35. The minimum atomic E-state index is -4.35. The molecule has 0 saturated heterocycles. The molecule has 2 N–H and O–H groups in total. The topological polar surface area (TPSA) is 91.7 Å². The lowest BCUT2D eigenvalue weighted by molar-refractivity contribution is -0.136. The van der Waals surface area contributed by atoms with Crippen LogP contribution >= 0.6 is 57.4 Å². The van der Waals surface area contributed by atoms with Crippen LogP contribution in [-0.2, 0) is 21.3 Å². The van der Waals surface area contributed by atoms with E-state index >= 15 is 0 Å². The van der Waals surface area contributed by atoms with Crippen LogP contribution in [0, 0.1) is 3.57 Å². The van der Waals surface area contributed by atoms with Crippen LogP contribution in [0.2, 0.25) is 15.1 Å². The van der Waals surface area contributed by atoms with Gasteiger partial charge in [0.25, 0.3) is 10.1 Å². The van der Waals surface area contributed by atoms with Gasteiger partial charge in [-0.1, -0.05) is 46.9 Å². The fourth-order valence-electron chi connectivity index (χ4n) is 1.52. The minimum Gasteiger partial charge on any atom is -0.481 e. The van der Waals surface area contributed by atoms with E-state index < -0.39 is 21.0 Å². The van der Waals surface area contributed by atoms with Gasteiger partial charge in [-0.2, -0.15) is 8.42 Å². The van der Waals surface area contributed by atoms with E-state index in [4.69, 9.17) is 44.5 Å². The van der Waals surface area contributed by atoms with Crippen LogP contribution in [0.5, 0.6) is 0 Å². The van der Waals surface area contributed by atoms with Crippen LogP contribution in [0.15, 0.2) is 41.3 Å². The Labute approximate surface area is 167 Å². The smallest absolute Gasteiger partial charge is 0.307 e. The first kappa shape index (κ1) is 21.5. The van der Waals surface area contributed by atoms with Crippen molar-refractivity contribution in [1.82, 2.24) is 0 Å². The van der Waals surface area contributed by atoms with E-state index in [-0.39, 0.29) is 21.5 Å². The molecule has 0 aliphatic carbocycles. The normalized spacial score (nSPS) is 10.7. The summed E-state index contributed by atoms with van der Waals surface area (Å²) in [6.07, 6.45) is 0.108. The molecule has 0 unspecified atom stereocenters. The molecule has 0 heterocycles. The molecule has 5 nitrogen and oxygen atoms in total. The van der Waals surface area contributed by atoms with Gasteiger partial charge in [-0.05, 0) is 52.4 Å². The zero-order valence-corrected chi connectivity index (χ0v) is 17.0. The lowest BCUT2D eigenvalue weighted by atomic mass is 10.2. The fourth-order valence-corrected chi connectivity index (χ4v) is 3.61. The molecule has 130 valence electrons. The SMILES string of the molecule is O=C(O)Cc1cccc(I)c1.O=S(=O)(O)c1cc(Cl)c(Cl)cc1Cl. The molecule has 0 radical (unpaired) electrons. The summed E-state index contributed by atoms with van der Waals surface area (Å²) in [5, 5.41) is 8.42. The first-order valence-electron chi connectivity index (χ1n) is 6.09. The number of halogens is 4. The third-order valence-electron chi connectivity index (χ3n) is 2.50. The number of hydrogen-bond donors (Lipinski definition) is 2. The van der Waals surface area contributed by atoms with Crippen LogP contribution in [0.4, 0.5) is 0 Å². The molecule has 0 aliphatic heterocycles. The Morgan fingerprint density at radius 2 is 1.62 bits per heavy atom. The molecule has 0 bridgehead atoms. The summed E-state index contributed by atoms with van der Waals surface area (Å²) in [6, 6.07) is 9.62. The molecule has 2 aromatic rings. The summed E-state index contributed by atoms with van der Waals surface area (Å²) in [5.41, 5.74) is 0.851. The number of carboxylic acid groups (broad SMARTS) is 1. The highest BCUT2D eigenvalue weighted by Gasteiger charge is 2.16. The van der Waals surface area contributed by atoms with Gasteiger partial charge in [0.15, 0.2) is 0 Å². The maximum Gasteiger partial charge on any atom is 0.307 e. The summed E-state index contributed by atoms with van der Waals surface area (Å²) in [6.45, 7) is 0. The van der Waals surface area contributed by atoms with E-state index in [9.17, 15) is 13.2 Å². The second-order valence-corrected chi connectivity index (χ2v) is 8.23. The lowest BCUT2D eigenvalue weighted by Crippen LogP contribution is -1.99. The predicted octanol–water partition coefficient (Wildman–Crippen LogP) is 4.81. The Balaban J connectivity index is 0.000000243. The van der Waals surface area contributed by atoms with E-state index in [2.05, 4.69) is 22.6 Å². The van der Waals surface area contributed by atoms with Crippen LogP contribution in [-0.4, -0.2) is 24.0 Å². The van der Waals surface area contributed by atoms with Crippen molar-refractivity contribution in [1.29, 1.82) is 0 Å². The van der Waals surface area contributed by atoms with E-state index in [0.717, 1.165) is 21.3 Å². The number of hydrogen-bond acceptors (Lipinski definition) is 3. The van der Waals surface area contributed by atoms with E-state index in [1.807, 2.05) is 24.3 Å². The van der Waals surface area contributed by atoms with Crippen molar-refractivity contribution in [2.24, 2.45) is 0 Å². The third-order valence-corrected chi connectivity index (χ3v) is 5.21.